The first-order chi connectivity index (χ1) is 18.6. The Balaban J connectivity index is 1.86. The molecule has 0 bridgehead atoms. The predicted molar refractivity (Wildman–Crippen MR) is 142 cm³/mol. The second-order valence-corrected chi connectivity index (χ2v) is 9.48. The largest absolute Gasteiger partial charge is 0.493 e. The lowest BCUT2D eigenvalue weighted by molar-refractivity contribution is -0.139. The van der Waals surface area contributed by atoms with E-state index in [1.807, 2.05) is 0 Å². The van der Waals surface area contributed by atoms with Crippen molar-refractivity contribution in [2.75, 3.05) is 13.7 Å². The van der Waals surface area contributed by atoms with Crippen LogP contribution < -0.4 is 29.1 Å². The summed E-state index contributed by atoms with van der Waals surface area (Å²) in [5, 5.41) is 0. The zero-order valence-corrected chi connectivity index (χ0v) is 22.8. The van der Waals surface area contributed by atoms with E-state index in [1.54, 1.807) is 62.4 Å². The van der Waals surface area contributed by atoms with Crippen molar-refractivity contribution in [3.8, 4) is 17.2 Å². The molecule has 0 saturated heterocycles. The molecule has 2 heterocycles. The molecular weight excluding hydrogens is 524 g/mol. The molecule has 0 saturated carbocycles. The van der Waals surface area contributed by atoms with Crippen LogP contribution >= 0.6 is 11.3 Å². The Kier molecular flexibility index (Phi) is 8.10. The van der Waals surface area contributed by atoms with Crippen LogP contribution in [0.4, 0.5) is 0 Å². The molecule has 202 valence electrons. The quantitative estimate of drug-likeness (QED) is 0.325. The maximum Gasteiger partial charge on any atom is 0.338 e. The number of hydrogen-bond donors (Lipinski definition) is 0. The maximum absolute atomic E-state index is 13.8. The van der Waals surface area contributed by atoms with E-state index in [0.29, 0.717) is 37.7 Å². The fourth-order valence-electron chi connectivity index (χ4n) is 4.16. The van der Waals surface area contributed by atoms with Crippen molar-refractivity contribution in [1.29, 1.82) is 0 Å². The third-order valence-electron chi connectivity index (χ3n) is 5.71. The number of hydrogen-bond acceptors (Lipinski definition) is 10. The SMILES string of the molecule is CCOC(=O)C1=C(C)N=c2s/c(=C\c3ccc(OC(C)=O)c(OC)c3)c(=O)n2C1c1ccc(OC(C)=O)cc1. The molecule has 0 spiro atoms. The lowest BCUT2D eigenvalue weighted by Gasteiger charge is -2.24. The van der Waals surface area contributed by atoms with Crippen LogP contribution in [-0.4, -0.2) is 36.2 Å². The van der Waals surface area contributed by atoms with E-state index in [0.717, 1.165) is 0 Å². The third-order valence-corrected chi connectivity index (χ3v) is 6.70. The van der Waals surface area contributed by atoms with Crippen molar-refractivity contribution in [3.05, 3.63) is 84.5 Å². The van der Waals surface area contributed by atoms with Crippen molar-refractivity contribution < 1.29 is 33.3 Å². The van der Waals surface area contributed by atoms with Crippen LogP contribution in [0.1, 0.15) is 44.9 Å². The number of ether oxygens (including phenoxy) is 4. The number of thiazole rings is 1. The van der Waals surface area contributed by atoms with Gasteiger partial charge < -0.3 is 18.9 Å². The van der Waals surface area contributed by atoms with Gasteiger partial charge in [-0.1, -0.05) is 29.5 Å². The minimum atomic E-state index is -0.810. The number of benzene rings is 2. The van der Waals surface area contributed by atoms with Gasteiger partial charge in [0.1, 0.15) is 5.75 Å². The van der Waals surface area contributed by atoms with Gasteiger partial charge in [0.2, 0.25) is 0 Å². The van der Waals surface area contributed by atoms with Crippen LogP contribution in [0.2, 0.25) is 0 Å². The summed E-state index contributed by atoms with van der Waals surface area (Å²) >= 11 is 1.17. The Hall–Kier alpha value is -4.51. The highest BCUT2D eigenvalue weighted by Gasteiger charge is 2.33. The number of methoxy groups -OCH3 is 1. The van der Waals surface area contributed by atoms with E-state index < -0.39 is 23.9 Å². The number of nitrogens with zero attached hydrogens (tertiary/aromatic N) is 2. The highest BCUT2D eigenvalue weighted by Crippen LogP contribution is 2.32. The Labute approximate surface area is 227 Å². The summed E-state index contributed by atoms with van der Waals surface area (Å²) in [7, 11) is 1.45. The van der Waals surface area contributed by atoms with E-state index in [2.05, 4.69) is 4.99 Å². The zero-order chi connectivity index (χ0) is 28.3. The van der Waals surface area contributed by atoms with Crippen molar-refractivity contribution in [1.82, 2.24) is 4.57 Å². The van der Waals surface area contributed by atoms with Gasteiger partial charge in [-0.15, -0.1) is 0 Å². The van der Waals surface area contributed by atoms with Crippen molar-refractivity contribution in [3.63, 3.8) is 0 Å². The molecule has 2 aromatic carbocycles. The topological polar surface area (TPSA) is 122 Å². The summed E-state index contributed by atoms with van der Waals surface area (Å²) in [6.07, 6.45) is 1.67. The van der Waals surface area contributed by atoms with Crippen LogP contribution in [0.3, 0.4) is 0 Å². The third kappa shape index (κ3) is 5.83. The fourth-order valence-corrected chi connectivity index (χ4v) is 5.20. The number of allylic oxidation sites excluding steroid dienone is 1. The van der Waals surface area contributed by atoms with Gasteiger partial charge >= 0.3 is 17.9 Å². The zero-order valence-electron chi connectivity index (χ0n) is 22.0. The molecule has 1 aromatic heterocycles. The van der Waals surface area contributed by atoms with Crippen LogP contribution in [0, 0.1) is 0 Å². The first kappa shape index (κ1) is 27.5. The van der Waals surface area contributed by atoms with Gasteiger partial charge in [-0.05, 0) is 55.3 Å². The highest BCUT2D eigenvalue weighted by atomic mass is 32.1. The van der Waals surface area contributed by atoms with Crippen molar-refractivity contribution in [2.24, 2.45) is 4.99 Å². The summed E-state index contributed by atoms with van der Waals surface area (Å²) in [5.41, 5.74) is 1.57. The smallest absolute Gasteiger partial charge is 0.338 e. The molecular formula is C28H26N2O8S. The number of fused-ring (bicyclic) bond motifs is 1. The van der Waals surface area contributed by atoms with E-state index in [-0.39, 0.29) is 23.5 Å². The monoisotopic (exact) mass is 550 g/mol. The summed E-state index contributed by atoms with van der Waals surface area (Å²) in [6, 6.07) is 10.7. The number of rotatable bonds is 7. The summed E-state index contributed by atoms with van der Waals surface area (Å²) < 4.78 is 22.8. The minimum Gasteiger partial charge on any atom is -0.493 e. The first-order valence-corrected chi connectivity index (χ1v) is 12.8. The molecule has 39 heavy (non-hydrogen) atoms. The highest BCUT2D eigenvalue weighted by molar-refractivity contribution is 7.07. The standard InChI is InChI=1S/C28H26N2O8S/c1-6-36-27(34)24-15(2)29-28-30(25(24)19-8-10-20(11-9-19)37-16(3)31)26(33)23(39-28)14-18-7-12-21(38-17(4)32)22(13-18)35-5/h7-14,25H,6H2,1-5H3/b23-14-. The second kappa shape index (κ2) is 11.5. The van der Waals surface area contributed by atoms with Gasteiger partial charge in [0, 0.05) is 13.8 Å². The second-order valence-electron chi connectivity index (χ2n) is 8.47. The van der Waals surface area contributed by atoms with Crippen LogP contribution in [0.15, 0.2) is 63.5 Å². The molecule has 1 unspecified atom stereocenters. The summed E-state index contributed by atoms with van der Waals surface area (Å²) in [4.78, 5) is 54.5. The molecule has 1 aliphatic rings. The average Bonchev–Trinajstić information content (AvgIpc) is 3.18. The van der Waals surface area contributed by atoms with Crippen LogP contribution in [0.25, 0.3) is 6.08 Å². The first-order valence-electron chi connectivity index (χ1n) is 12.0. The van der Waals surface area contributed by atoms with Gasteiger partial charge in [0.15, 0.2) is 16.3 Å². The molecule has 10 nitrogen and oxygen atoms in total. The molecule has 0 radical (unpaired) electrons. The summed E-state index contributed by atoms with van der Waals surface area (Å²) in [6.45, 7) is 6.15. The molecule has 0 fully saturated rings. The molecule has 0 aliphatic carbocycles. The van der Waals surface area contributed by atoms with E-state index in [4.69, 9.17) is 18.9 Å². The van der Waals surface area contributed by atoms with E-state index >= 15 is 0 Å². The van der Waals surface area contributed by atoms with Crippen LogP contribution in [0.5, 0.6) is 17.2 Å². The lowest BCUT2D eigenvalue weighted by atomic mass is 9.96. The Bertz CT molecular complexity index is 1660. The van der Waals surface area contributed by atoms with Crippen molar-refractivity contribution in [2.45, 2.75) is 33.7 Å². The molecule has 3 aromatic rings. The normalized spacial score (nSPS) is 14.8. The Morgan fingerprint density at radius 2 is 1.72 bits per heavy atom. The minimum absolute atomic E-state index is 0.156. The Morgan fingerprint density at radius 3 is 2.33 bits per heavy atom. The van der Waals surface area contributed by atoms with E-state index in [1.165, 1.54) is 36.9 Å². The van der Waals surface area contributed by atoms with E-state index in [9.17, 15) is 19.2 Å². The number of esters is 3. The lowest BCUT2D eigenvalue weighted by Crippen LogP contribution is -2.39. The molecule has 11 heteroatoms. The summed E-state index contributed by atoms with van der Waals surface area (Å²) in [5.74, 6) is -0.594. The average molecular weight is 551 g/mol. The molecule has 4 rings (SSSR count). The number of carbonyl (C=O) groups is 3. The fraction of sp³-hybridized carbons (Fsp3) is 0.250. The maximum atomic E-state index is 13.8. The predicted octanol–water partition coefficient (Wildman–Crippen LogP) is 2.66. The van der Waals surface area contributed by atoms with Gasteiger partial charge in [-0.25, -0.2) is 9.79 Å². The van der Waals surface area contributed by atoms with Crippen LogP contribution in [-0.2, 0) is 19.1 Å². The molecule has 1 atom stereocenters. The molecule has 0 amide bonds. The van der Waals surface area contributed by atoms with Gasteiger partial charge in [-0.2, -0.15) is 0 Å². The Morgan fingerprint density at radius 1 is 1.03 bits per heavy atom. The van der Waals surface area contributed by atoms with Gasteiger partial charge in [0.05, 0.1) is 35.6 Å². The van der Waals surface area contributed by atoms with Gasteiger partial charge in [-0.3, -0.25) is 19.0 Å². The molecule has 1 aliphatic heterocycles. The number of aromatic nitrogens is 1. The number of carbonyl (C=O) groups excluding carboxylic acids is 3. The molecule has 0 N–H and O–H groups in total. The van der Waals surface area contributed by atoms with Crippen molar-refractivity contribution >= 4 is 35.3 Å². The van der Waals surface area contributed by atoms with Gasteiger partial charge in [0.25, 0.3) is 5.56 Å².